The molecule has 0 radical (unpaired) electrons. The maximum atomic E-state index is 12.4. The van der Waals surface area contributed by atoms with Crippen LogP contribution < -0.4 is 5.32 Å². The predicted molar refractivity (Wildman–Crippen MR) is 114 cm³/mol. The zero-order valence-electron chi connectivity index (χ0n) is 15.5. The lowest BCUT2D eigenvalue weighted by atomic mass is 10.2. The molecule has 0 saturated carbocycles. The summed E-state index contributed by atoms with van der Waals surface area (Å²) in [4.78, 5) is 26.2. The minimum Gasteiger partial charge on any atom is -0.452 e. The first kappa shape index (κ1) is 20.6. The van der Waals surface area contributed by atoms with Gasteiger partial charge in [-0.05, 0) is 41.3 Å². The molecule has 0 aliphatic rings. The molecule has 0 atom stereocenters. The molecule has 0 fully saturated rings. The van der Waals surface area contributed by atoms with Crippen LogP contribution in [-0.2, 0) is 21.8 Å². The molecule has 0 saturated heterocycles. The monoisotopic (exact) mass is 422 g/mol. The predicted octanol–water partition coefficient (Wildman–Crippen LogP) is 4.39. The molecule has 1 aromatic heterocycles. The molecule has 0 aliphatic heterocycles. The van der Waals surface area contributed by atoms with Crippen molar-refractivity contribution in [3.63, 3.8) is 0 Å². The van der Waals surface area contributed by atoms with Gasteiger partial charge in [-0.2, -0.15) is 5.26 Å². The SMILES string of the molecule is N#Cc1ccc(CSc2ccccc2C(=O)OCC(=O)NCc2cccs2)cc1. The average Bonchev–Trinajstić information content (AvgIpc) is 3.29. The van der Waals surface area contributed by atoms with Crippen molar-refractivity contribution in [1.82, 2.24) is 5.32 Å². The fraction of sp³-hybridized carbons (Fsp3) is 0.136. The van der Waals surface area contributed by atoms with Gasteiger partial charge in [0.25, 0.3) is 5.91 Å². The summed E-state index contributed by atoms with van der Waals surface area (Å²) in [6.45, 7) is 0.101. The zero-order valence-corrected chi connectivity index (χ0v) is 17.1. The fourth-order valence-corrected chi connectivity index (χ4v) is 4.10. The molecule has 0 bridgehead atoms. The van der Waals surface area contributed by atoms with Crippen LogP contribution in [0.1, 0.15) is 26.4 Å². The number of nitrogens with zero attached hydrogens (tertiary/aromatic N) is 1. The molecule has 1 heterocycles. The molecule has 7 heteroatoms. The Kier molecular flexibility index (Phi) is 7.45. The van der Waals surface area contributed by atoms with E-state index in [1.165, 1.54) is 11.8 Å². The molecule has 0 unspecified atom stereocenters. The second-order valence-electron chi connectivity index (χ2n) is 6.03. The molecule has 29 heavy (non-hydrogen) atoms. The maximum absolute atomic E-state index is 12.4. The van der Waals surface area contributed by atoms with Crippen molar-refractivity contribution in [3.8, 4) is 6.07 Å². The van der Waals surface area contributed by atoms with Crippen LogP contribution >= 0.6 is 23.1 Å². The van der Waals surface area contributed by atoms with E-state index in [9.17, 15) is 9.59 Å². The van der Waals surface area contributed by atoms with E-state index in [4.69, 9.17) is 10.00 Å². The van der Waals surface area contributed by atoms with Gasteiger partial charge in [0.15, 0.2) is 6.61 Å². The van der Waals surface area contributed by atoms with Crippen molar-refractivity contribution in [2.45, 2.75) is 17.2 Å². The van der Waals surface area contributed by atoms with Gasteiger partial charge in [-0.3, -0.25) is 4.79 Å². The van der Waals surface area contributed by atoms with E-state index in [0.717, 1.165) is 15.3 Å². The van der Waals surface area contributed by atoms with Crippen LogP contribution in [0.5, 0.6) is 0 Å². The molecule has 1 amide bonds. The van der Waals surface area contributed by atoms with Crippen LogP contribution in [-0.4, -0.2) is 18.5 Å². The van der Waals surface area contributed by atoms with Crippen LogP contribution in [0.2, 0.25) is 0 Å². The quantitative estimate of drug-likeness (QED) is 0.430. The summed E-state index contributed by atoms with van der Waals surface area (Å²) < 4.78 is 5.19. The van der Waals surface area contributed by atoms with Crippen molar-refractivity contribution in [2.75, 3.05) is 6.61 Å². The molecule has 5 nitrogen and oxygen atoms in total. The summed E-state index contributed by atoms with van der Waals surface area (Å²) in [7, 11) is 0. The Morgan fingerprint density at radius 3 is 2.59 bits per heavy atom. The highest BCUT2D eigenvalue weighted by Crippen LogP contribution is 2.27. The van der Waals surface area contributed by atoms with Gasteiger partial charge in [0.2, 0.25) is 0 Å². The first-order valence-corrected chi connectivity index (χ1v) is 10.7. The molecule has 3 rings (SSSR count). The number of hydrogen-bond acceptors (Lipinski definition) is 6. The van der Waals surface area contributed by atoms with Gasteiger partial charge in [0.1, 0.15) is 0 Å². The third kappa shape index (κ3) is 6.21. The molecule has 1 N–H and O–H groups in total. The van der Waals surface area contributed by atoms with Crippen molar-refractivity contribution in [3.05, 3.63) is 87.6 Å². The van der Waals surface area contributed by atoms with E-state index in [2.05, 4.69) is 11.4 Å². The molecule has 0 aliphatic carbocycles. The minimum atomic E-state index is -0.529. The number of hydrogen-bond donors (Lipinski definition) is 1. The Labute approximate surface area is 177 Å². The minimum absolute atomic E-state index is 0.321. The largest absolute Gasteiger partial charge is 0.452 e. The first-order valence-electron chi connectivity index (χ1n) is 8.83. The van der Waals surface area contributed by atoms with E-state index in [1.54, 1.807) is 35.6 Å². The number of ether oxygens (including phenoxy) is 1. The third-order valence-electron chi connectivity index (χ3n) is 3.96. The number of amides is 1. The Morgan fingerprint density at radius 1 is 1.07 bits per heavy atom. The Bertz CT molecular complexity index is 1010. The van der Waals surface area contributed by atoms with E-state index < -0.39 is 5.97 Å². The lowest BCUT2D eigenvalue weighted by Crippen LogP contribution is -2.28. The Balaban J connectivity index is 1.53. The van der Waals surface area contributed by atoms with Crippen LogP contribution in [0, 0.1) is 11.3 Å². The van der Waals surface area contributed by atoms with Gasteiger partial charge < -0.3 is 10.1 Å². The molecular weight excluding hydrogens is 404 g/mol. The Morgan fingerprint density at radius 2 is 1.86 bits per heavy atom. The summed E-state index contributed by atoms with van der Waals surface area (Å²) in [6.07, 6.45) is 0. The Hall–Kier alpha value is -3.08. The molecule has 3 aromatic rings. The second kappa shape index (κ2) is 10.5. The van der Waals surface area contributed by atoms with E-state index in [1.807, 2.05) is 41.8 Å². The first-order chi connectivity index (χ1) is 14.2. The zero-order chi connectivity index (χ0) is 20.5. The van der Waals surface area contributed by atoms with Gasteiger partial charge in [0, 0.05) is 15.5 Å². The summed E-state index contributed by atoms with van der Waals surface area (Å²) in [5.74, 6) is -0.217. The number of thiophene rings is 1. The highest BCUT2D eigenvalue weighted by atomic mass is 32.2. The summed E-state index contributed by atoms with van der Waals surface area (Å²) in [6, 6.07) is 20.4. The average molecular weight is 423 g/mol. The van der Waals surface area contributed by atoms with Crippen LogP contribution in [0.3, 0.4) is 0 Å². The van der Waals surface area contributed by atoms with Gasteiger partial charge in [-0.25, -0.2) is 4.79 Å². The number of thioether (sulfide) groups is 1. The number of carbonyl (C=O) groups excluding carboxylic acids is 2. The summed E-state index contributed by atoms with van der Waals surface area (Å²) in [5, 5.41) is 13.5. The van der Waals surface area contributed by atoms with Gasteiger partial charge in [0.05, 0.1) is 23.7 Å². The van der Waals surface area contributed by atoms with Gasteiger partial charge in [-0.15, -0.1) is 23.1 Å². The van der Waals surface area contributed by atoms with Crippen molar-refractivity contribution in [2.24, 2.45) is 0 Å². The standard InChI is InChI=1S/C22H18N2O3S2/c23-12-16-7-9-17(10-8-16)15-29-20-6-2-1-5-19(20)22(26)27-14-21(25)24-13-18-4-3-11-28-18/h1-11H,13-15H2,(H,24,25). The number of benzene rings is 2. The number of nitrogens with one attached hydrogen (secondary N) is 1. The molecule has 0 spiro atoms. The second-order valence-corrected chi connectivity index (χ2v) is 8.08. The molecule has 146 valence electrons. The van der Waals surface area contributed by atoms with Crippen molar-refractivity contribution in [1.29, 1.82) is 5.26 Å². The smallest absolute Gasteiger partial charge is 0.339 e. The number of esters is 1. The van der Waals surface area contributed by atoms with E-state index in [0.29, 0.717) is 23.4 Å². The van der Waals surface area contributed by atoms with E-state index in [-0.39, 0.29) is 12.5 Å². The summed E-state index contributed by atoms with van der Waals surface area (Å²) >= 11 is 3.05. The number of nitriles is 1. The highest BCUT2D eigenvalue weighted by Gasteiger charge is 2.14. The van der Waals surface area contributed by atoms with Crippen molar-refractivity contribution < 1.29 is 14.3 Å². The summed E-state index contributed by atoms with van der Waals surface area (Å²) in [5.41, 5.74) is 2.09. The lowest BCUT2D eigenvalue weighted by Gasteiger charge is -2.10. The van der Waals surface area contributed by atoms with Gasteiger partial charge in [-0.1, -0.05) is 30.3 Å². The third-order valence-corrected chi connectivity index (χ3v) is 5.98. The van der Waals surface area contributed by atoms with Crippen molar-refractivity contribution >= 4 is 35.0 Å². The maximum Gasteiger partial charge on any atom is 0.339 e. The highest BCUT2D eigenvalue weighted by molar-refractivity contribution is 7.98. The number of carbonyl (C=O) groups is 2. The topological polar surface area (TPSA) is 79.2 Å². The lowest BCUT2D eigenvalue weighted by molar-refractivity contribution is -0.124. The van der Waals surface area contributed by atoms with E-state index >= 15 is 0 Å². The normalized spacial score (nSPS) is 10.2. The molecule has 2 aromatic carbocycles. The fourth-order valence-electron chi connectivity index (χ4n) is 2.46. The number of rotatable bonds is 8. The molecular formula is C22H18N2O3S2. The van der Waals surface area contributed by atoms with Crippen LogP contribution in [0.4, 0.5) is 0 Å². The van der Waals surface area contributed by atoms with Gasteiger partial charge >= 0.3 is 5.97 Å². The van der Waals surface area contributed by atoms with Crippen LogP contribution in [0.25, 0.3) is 0 Å². The van der Waals surface area contributed by atoms with Crippen LogP contribution in [0.15, 0.2) is 70.9 Å².